The Bertz CT molecular complexity index is 433. The van der Waals surface area contributed by atoms with Gasteiger partial charge in [-0.2, -0.15) is 0 Å². The lowest BCUT2D eigenvalue weighted by molar-refractivity contribution is 1.33. The molecule has 12 heavy (non-hydrogen) atoms. The minimum absolute atomic E-state index is 0.439. The van der Waals surface area contributed by atoms with Crippen LogP contribution >= 0.6 is 11.6 Å². The molecule has 0 saturated heterocycles. The molecule has 2 heterocycles. The number of hydrogen-bond donors (Lipinski definition) is 2. The molecule has 0 radical (unpaired) electrons. The zero-order valence-electron chi connectivity index (χ0n) is 6.56. The Morgan fingerprint density at radius 1 is 1.58 bits per heavy atom. The summed E-state index contributed by atoms with van der Waals surface area (Å²) in [6.45, 7) is 1.97. The van der Waals surface area contributed by atoms with Crippen LogP contribution in [0.4, 0.5) is 5.82 Å². The van der Waals surface area contributed by atoms with E-state index in [2.05, 4.69) is 9.97 Å². The molecule has 0 saturated carbocycles. The van der Waals surface area contributed by atoms with Crippen molar-refractivity contribution < 1.29 is 0 Å². The third-order valence-electron chi connectivity index (χ3n) is 1.81. The molecule has 3 nitrogen and oxygen atoms in total. The second-order valence-corrected chi connectivity index (χ2v) is 3.13. The van der Waals surface area contributed by atoms with Gasteiger partial charge in [-0.1, -0.05) is 11.6 Å². The standard InChI is InChI=1S/C8H8ClN3/c1-4-3-11-8-7(4)5(9)2-6(10)12-8/h2-3H,1H3,(H3,10,11,12). The summed E-state index contributed by atoms with van der Waals surface area (Å²) in [7, 11) is 0. The number of aromatic nitrogens is 2. The van der Waals surface area contributed by atoms with Crippen molar-refractivity contribution in [2.75, 3.05) is 5.73 Å². The lowest BCUT2D eigenvalue weighted by Gasteiger charge is -1.96. The number of rotatable bonds is 0. The average Bonchev–Trinajstić information content (AvgIpc) is 2.31. The fourth-order valence-corrected chi connectivity index (χ4v) is 1.61. The van der Waals surface area contributed by atoms with Gasteiger partial charge >= 0.3 is 0 Å². The van der Waals surface area contributed by atoms with Crippen LogP contribution in [0.25, 0.3) is 11.0 Å². The molecule has 2 rings (SSSR count). The summed E-state index contributed by atoms with van der Waals surface area (Å²) >= 11 is 5.97. The maximum atomic E-state index is 5.97. The fourth-order valence-electron chi connectivity index (χ4n) is 1.26. The van der Waals surface area contributed by atoms with E-state index >= 15 is 0 Å². The quantitative estimate of drug-likeness (QED) is 0.654. The predicted molar refractivity (Wildman–Crippen MR) is 50.3 cm³/mol. The van der Waals surface area contributed by atoms with Gasteiger partial charge in [-0.15, -0.1) is 0 Å². The van der Waals surface area contributed by atoms with Gasteiger partial charge < -0.3 is 10.7 Å². The van der Waals surface area contributed by atoms with Gasteiger partial charge in [-0.05, 0) is 18.6 Å². The fraction of sp³-hybridized carbons (Fsp3) is 0.125. The summed E-state index contributed by atoms with van der Waals surface area (Å²) in [4.78, 5) is 7.09. The number of anilines is 1. The molecule has 4 heteroatoms. The number of nitrogens with zero attached hydrogens (tertiary/aromatic N) is 1. The van der Waals surface area contributed by atoms with Crippen LogP contribution in [0.5, 0.6) is 0 Å². The van der Waals surface area contributed by atoms with Crippen LogP contribution in [0.15, 0.2) is 12.3 Å². The Morgan fingerprint density at radius 2 is 2.33 bits per heavy atom. The van der Waals surface area contributed by atoms with Crippen LogP contribution in [-0.2, 0) is 0 Å². The first kappa shape index (κ1) is 7.43. The summed E-state index contributed by atoms with van der Waals surface area (Å²) < 4.78 is 0. The molecule has 2 aromatic heterocycles. The highest BCUT2D eigenvalue weighted by Crippen LogP contribution is 2.26. The lowest BCUT2D eigenvalue weighted by Crippen LogP contribution is -1.89. The molecule has 0 amide bonds. The molecule has 0 aliphatic rings. The van der Waals surface area contributed by atoms with Gasteiger partial charge in [0.1, 0.15) is 11.5 Å². The lowest BCUT2D eigenvalue weighted by atomic mass is 10.2. The van der Waals surface area contributed by atoms with Crippen molar-refractivity contribution in [2.24, 2.45) is 0 Å². The van der Waals surface area contributed by atoms with E-state index in [-0.39, 0.29) is 0 Å². The van der Waals surface area contributed by atoms with Gasteiger partial charge in [0, 0.05) is 11.6 Å². The monoisotopic (exact) mass is 181 g/mol. The van der Waals surface area contributed by atoms with E-state index in [1.54, 1.807) is 6.07 Å². The maximum Gasteiger partial charge on any atom is 0.141 e. The molecule has 62 valence electrons. The third kappa shape index (κ3) is 0.940. The van der Waals surface area contributed by atoms with Gasteiger partial charge in [0.2, 0.25) is 0 Å². The number of nitrogen functional groups attached to an aromatic ring is 1. The smallest absolute Gasteiger partial charge is 0.141 e. The van der Waals surface area contributed by atoms with Gasteiger partial charge in [-0.25, -0.2) is 4.98 Å². The normalized spacial score (nSPS) is 10.8. The summed E-state index contributed by atoms with van der Waals surface area (Å²) in [6.07, 6.45) is 1.86. The minimum Gasteiger partial charge on any atom is -0.384 e. The zero-order valence-corrected chi connectivity index (χ0v) is 7.31. The number of halogens is 1. The van der Waals surface area contributed by atoms with Crippen molar-refractivity contribution in [3.63, 3.8) is 0 Å². The van der Waals surface area contributed by atoms with Crippen molar-refractivity contribution in [3.8, 4) is 0 Å². The molecule has 0 fully saturated rings. The number of H-pyrrole nitrogens is 1. The topological polar surface area (TPSA) is 54.7 Å². The number of pyridine rings is 1. The minimum atomic E-state index is 0.439. The van der Waals surface area contributed by atoms with E-state index in [0.29, 0.717) is 10.8 Å². The van der Waals surface area contributed by atoms with Gasteiger partial charge in [-0.3, -0.25) is 0 Å². The van der Waals surface area contributed by atoms with Crippen molar-refractivity contribution in [1.82, 2.24) is 9.97 Å². The molecular weight excluding hydrogens is 174 g/mol. The number of nitrogens with two attached hydrogens (primary N) is 1. The highest BCUT2D eigenvalue weighted by molar-refractivity contribution is 6.35. The molecule has 0 unspecified atom stereocenters. The molecule has 0 spiro atoms. The summed E-state index contributed by atoms with van der Waals surface area (Å²) in [6, 6.07) is 1.66. The zero-order chi connectivity index (χ0) is 8.72. The Hall–Kier alpha value is -1.22. The molecule has 0 atom stereocenters. The maximum absolute atomic E-state index is 5.97. The second-order valence-electron chi connectivity index (χ2n) is 2.72. The van der Waals surface area contributed by atoms with E-state index in [1.165, 1.54) is 0 Å². The SMILES string of the molecule is Cc1c[nH]c2nc(N)cc(Cl)c12. The molecule has 0 bridgehead atoms. The van der Waals surface area contributed by atoms with Crippen LogP contribution in [-0.4, -0.2) is 9.97 Å². The first-order chi connectivity index (χ1) is 5.68. The van der Waals surface area contributed by atoms with E-state index in [9.17, 15) is 0 Å². The van der Waals surface area contributed by atoms with Crippen molar-refractivity contribution in [3.05, 3.63) is 22.8 Å². The third-order valence-corrected chi connectivity index (χ3v) is 2.11. The largest absolute Gasteiger partial charge is 0.384 e. The van der Waals surface area contributed by atoms with Crippen molar-refractivity contribution >= 4 is 28.5 Å². The van der Waals surface area contributed by atoms with E-state index < -0.39 is 0 Å². The van der Waals surface area contributed by atoms with Crippen LogP contribution in [0.3, 0.4) is 0 Å². The van der Waals surface area contributed by atoms with Crippen LogP contribution in [0.2, 0.25) is 5.02 Å². The molecule has 0 aliphatic carbocycles. The van der Waals surface area contributed by atoms with E-state index in [0.717, 1.165) is 16.6 Å². The van der Waals surface area contributed by atoms with Gasteiger partial charge in [0.05, 0.1) is 5.02 Å². The number of hydrogen-bond acceptors (Lipinski definition) is 2. The van der Waals surface area contributed by atoms with E-state index in [1.807, 2.05) is 13.1 Å². The molecular formula is C8H8ClN3. The number of nitrogens with one attached hydrogen (secondary N) is 1. The number of fused-ring (bicyclic) bond motifs is 1. The predicted octanol–water partition coefficient (Wildman–Crippen LogP) is 2.11. The van der Waals surface area contributed by atoms with Crippen LogP contribution in [0.1, 0.15) is 5.56 Å². The molecule has 3 N–H and O–H groups in total. The molecule has 0 aliphatic heterocycles. The van der Waals surface area contributed by atoms with Crippen LogP contribution in [0, 0.1) is 6.92 Å². The summed E-state index contributed by atoms with van der Waals surface area (Å²) in [5.74, 6) is 0.439. The van der Waals surface area contributed by atoms with Crippen molar-refractivity contribution in [1.29, 1.82) is 0 Å². The summed E-state index contributed by atoms with van der Waals surface area (Å²) in [5, 5.41) is 1.60. The summed E-state index contributed by atoms with van der Waals surface area (Å²) in [5.41, 5.74) is 7.35. The van der Waals surface area contributed by atoms with Gasteiger partial charge in [0.15, 0.2) is 0 Å². The Morgan fingerprint density at radius 3 is 3.08 bits per heavy atom. The molecule has 2 aromatic rings. The van der Waals surface area contributed by atoms with Crippen molar-refractivity contribution in [2.45, 2.75) is 6.92 Å². The number of aromatic amines is 1. The Balaban J connectivity index is 2.93. The van der Waals surface area contributed by atoms with Crippen LogP contribution < -0.4 is 5.73 Å². The Labute approximate surface area is 74.5 Å². The van der Waals surface area contributed by atoms with E-state index in [4.69, 9.17) is 17.3 Å². The second kappa shape index (κ2) is 2.38. The number of aryl methyl sites for hydroxylation is 1. The Kier molecular flexibility index (Phi) is 1.48. The first-order valence-electron chi connectivity index (χ1n) is 3.58. The highest BCUT2D eigenvalue weighted by atomic mass is 35.5. The highest BCUT2D eigenvalue weighted by Gasteiger charge is 2.05. The molecule has 0 aromatic carbocycles. The first-order valence-corrected chi connectivity index (χ1v) is 3.96. The van der Waals surface area contributed by atoms with Gasteiger partial charge in [0.25, 0.3) is 0 Å². The average molecular weight is 182 g/mol.